The van der Waals surface area contributed by atoms with Crippen molar-refractivity contribution in [2.75, 3.05) is 5.32 Å². The van der Waals surface area contributed by atoms with E-state index in [4.69, 9.17) is 0 Å². The van der Waals surface area contributed by atoms with Gasteiger partial charge in [0.1, 0.15) is 16.0 Å². The van der Waals surface area contributed by atoms with Crippen LogP contribution in [-0.2, 0) is 0 Å². The van der Waals surface area contributed by atoms with Gasteiger partial charge in [0.25, 0.3) is 0 Å². The van der Waals surface area contributed by atoms with Gasteiger partial charge in [-0.15, -0.1) is 11.3 Å². The predicted molar refractivity (Wildman–Crippen MR) is 102 cm³/mol. The first-order chi connectivity index (χ1) is 12.5. The Balaban J connectivity index is 1.75. The third kappa shape index (κ3) is 2.93. The van der Waals surface area contributed by atoms with Crippen LogP contribution in [0.2, 0.25) is 0 Å². The average molecular weight is 366 g/mol. The molecule has 3 aromatic rings. The number of hydrogen-bond acceptors (Lipinski definition) is 5. The number of carboxylic acid groups (broad SMARTS) is 1. The van der Waals surface area contributed by atoms with Crippen molar-refractivity contribution in [1.82, 2.24) is 9.97 Å². The first-order valence-corrected chi connectivity index (χ1v) is 9.41. The van der Waals surface area contributed by atoms with Crippen LogP contribution in [-0.4, -0.2) is 27.1 Å². The summed E-state index contributed by atoms with van der Waals surface area (Å²) < 4.78 is 0. The minimum absolute atomic E-state index is 0.239. The van der Waals surface area contributed by atoms with E-state index in [0.717, 1.165) is 46.5 Å². The molecule has 3 N–H and O–H groups in total. The Morgan fingerprint density at radius 1 is 1.38 bits per heavy atom. The lowest BCUT2D eigenvalue weighted by molar-refractivity contribution is 0.0701. The summed E-state index contributed by atoms with van der Waals surface area (Å²) in [5, 5.41) is 23.8. The van der Waals surface area contributed by atoms with Crippen molar-refractivity contribution in [1.29, 1.82) is 5.26 Å². The van der Waals surface area contributed by atoms with Gasteiger partial charge < -0.3 is 15.4 Å². The Labute approximate surface area is 154 Å². The summed E-state index contributed by atoms with van der Waals surface area (Å²) in [4.78, 5) is 19.1. The molecule has 7 heteroatoms. The molecule has 4 rings (SSSR count). The van der Waals surface area contributed by atoms with Crippen LogP contribution < -0.4 is 5.32 Å². The Kier molecular flexibility index (Phi) is 4.13. The highest BCUT2D eigenvalue weighted by Crippen LogP contribution is 2.33. The first kappa shape index (κ1) is 16.6. The topological polar surface area (TPSA) is 102 Å². The molecular weight excluding hydrogens is 348 g/mol. The van der Waals surface area contributed by atoms with E-state index in [9.17, 15) is 15.2 Å². The molecule has 2 heterocycles. The summed E-state index contributed by atoms with van der Waals surface area (Å²) in [6.07, 6.45) is 4.81. The molecule has 132 valence electrons. The van der Waals surface area contributed by atoms with Gasteiger partial charge in [0, 0.05) is 17.1 Å². The molecule has 1 aliphatic carbocycles. The van der Waals surface area contributed by atoms with Crippen LogP contribution in [0.3, 0.4) is 0 Å². The molecule has 0 amide bonds. The molecule has 1 saturated carbocycles. The average Bonchev–Trinajstić information content (AvgIpc) is 3.33. The maximum Gasteiger partial charge on any atom is 0.347 e. The minimum Gasteiger partial charge on any atom is -0.477 e. The molecule has 0 unspecified atom stereocenters. The van der Waals surface area contributed by atoms with E-state index in [1.165, 1.54) is 12.8 Å². The molecule has 26 heavy (non-hydrogen) atoms. The Bertz CT molecular complexity index is 1040. The Morgan fingerprint density at radius 3 is 2.81 bits per heavy atom. The molecule has 0 saturated heterocycles. The van der Waals surface area contributed by atoms with Gasteiger partial charge in [-0.1, -0.05) is 12.8 Å². The van der Waals surface area contributed by atoms with Crippen molar-refractivity contribution in [3.05, 3.63) is 34.3 Å². The smallest absolute Gasteiger partial charge is 0.347 e. The highest BCUT2D eigenvalue weighted by atomic mass is 32.1. The Hall–Kier alpha value is -2.85. The molecule has 0 bridgehead atoms. The quantitative estimate of drug-likeness (QED) is 0.630. The van der Waals surface area contributed by atoms with Crippen molar-refractivity contribution in [2.45, 2.75) is 38.6 Å². The van der Waals surface area contributed by atoms with Crippen LogP contribution in [0, 0.1) is 18.3 Å². The van der Waals surface area contributed by atoms with Gasteiger partial charge >= 0.3 is 5.97 Å². The van der Waals surface area contributed by atoms with E-state index in [0.29, 0.717) is 22.3 Å². The number of benzene rings is 1. The number of carbonyl (C=O) groups is 1. The van der Waals surface area contributed by atoms with Gasteiger partial charge in [-0.25, -0.2) is 9.78 Å². The predicted octanol–water partition coefficient (Wildman–Crippen LogP) is 4.52. The van der Waals surface area contributed by atoms with Gasteiger partial charge in [0.15, 0.2) is 0 Å². The number of anilines is 1. The fraction of sp³-hybridized carbons (Fsp3) is 0.316. The number of hydrogen-bond donors (Lipinski definition) is 3. The van der Waals surface area contributed by atoms with Crippen molar-refractivity contribution >= 4 is 33.9 Å². The van der Waals surface area contributed by atoms with Crippen molar-refractivity contribution < 1.29 is 9.90 Å². The zero-order chi connectivity index (χ0) is 18.3. The number of aryl methyl sites for hydroxylation is 1. The highest BCUT2D eigenvalue weighted by molar-refractivity contribution is 7.17. The van der Waals surface area contributed by atoms with Crippen LogP contribution >= 0.6 is 11.3 Å². The van der Waals surface area contributed by atoms with Gasteiger partial charge in [0.05, 0.1) is 22.5 Å². The molecule has 1 aliphatic rings. The number of nitriles is 1. The third-order valence-electron chi connectivity index (χ3n) is 4.80. The first-order valence-electron chi connectivity index (χ1n) is 8.59. The third-order valence-corrected chi connectivity index (χ3v) is 5.97. The summed E-state index contributed by atoms with van der Waals surface area (Å²) in [6.45, 7) is 1.69. The lowest BCUT2D eigenvalue weighted by Gasteiger charge is -2.13. The molecule has 1 aromatic carbocycles. The number of fused-ring (bicyclic) bond motifs is 1. The maximum atomic E-state index is 11.3. The number of rotatable bonds is 4. The Morgan fingerprint density at radius 2 is 2.15 bits per heavy atom. The van der Waals surface area contributed by atoms with Crippen molar-refractivity contribution in [3.8, 4) is 16.8 Å². The number of thiazole rings is 1. The number of carboxylic acids is 1. The lowest BCUT2D eigenvalue weighted by Crippen LogP contribution is -2.14. The van der Waals surface area contributed by atoms with E-state index in [-0.39, 0.29) is 4.88 Å². The van der Waals surface area contributed by atoms with E-state index in [1.54, 1.807) is 6.92 Å². The second-order valence-electron chi connectivity index (χ2n) is 6.65. The van der Waals surface area contributed by atoms with Gasteiger partial charge in [0.2, 0.25) is 0 Å². The van der Waals surface area contributed by atoms with E-state index in [1.807, 2.05) is 18.2 Å². The number of aromatic amines is 1. The standard InChI is InChI=1S/C19H18N4O2S/c1-10-17(19(24)25)26-18(21-10)15-8-11-6-14(22-13-4-2-3-5-13)7-12(9-20)16(11)23-15/h6-8,13,22-23H,2-5H2,1H3,(H,24,25). The van der Waals surface area contributed by atoms with Gasteiger partial charge in [-0.3, -0.25) is 0 Å². The number of nitrogens with zero attached hydrogens (tertiary/aromatic N) is 2. The minimum atomic E-state index is -0.969. The lowest BCUT2D eigenvalue weighted by atomic mass is 10.1. The van der Waals surface area contributed by atoms with Gasteiger partial charge in [-0.05, 0) is 38.0 Å². The van der Waals surface area contributed by atoms with E-state index in [2.05, 4.69) is 21.4 Å². The molecule has 0 atom stereocenters. The van der Waals surface area contributed by atoms with E-state index >= 15 is 0 Å². The SMILES string of the molecule is Cc1nc(-c2cc3cc(NC4CCCC4)cc(C#N)c3[nH]2)sc1C(=O)O. The zero-order valence-corrected chi connectivity index (χ0v) is 15.1. The summed E-state index contributed by atoms with van der Waals surface area (Å²) in [7, 11) is 0. The summed E-state index contributed by atoms with van der Waals surface area (Å²) in [5.41, 5.74) is 3.51. The number of aromatic carboxylic acids is 1. The van der Waals surface area contributed by atoms with Crippen LogP contribution in [0.15, 0.2) is 18.2 Å². The molecule has 2 aromatic heterocycles. The molecule has 1 fully saturated rings. The monoisotopic (exact) mass is 366 g/mol. The number of H-pyrrole nitrogens is 1. The summed E-state index contributed by atoms with van der Waals surface area (Å²) in [5.74, 6) is -0.969. The van der Waals surface area contributed by atoms with Crippen LogP contribution in [0.5, 0.6) is 0 Å². The molecular formula is C19H18N4O2S. The zero-order valence-electron chi connectivity index (χ0n) is 14.3. The van der Waals surface area contributed by atoms with E-state index < -0.39 is 5.97 Å². The molecule has 0 aliphatic heterocycles. The molecule has 0 radical (unpaired) electrons. The fourth-order valence-electron chi connectivity index (χ4n) is 3.55. The second kappa shape index (κ2) is 6.46. The van der Waals surface area contributed by atoms with Crippen molar-refractivity contribution in [2.24, 2.45) is 0 Å². The largest absolute Gasteiger partial charge is 0.477 e. The molecule has 0 spiro atoms. The fourth-order valence-corrected chi connectivity index (χ4v) is 4.42. The number of nitrogens with one attached hydrogen (secondary N) is 2. The van der Waals surface area contributed by atoms with Crippen LogP contribution in [0.1, 0.15) is 46.6 Å². The van der Waals surface area contributed by atoms with Crippen LogP contribution in [0.25, 0.3) is 21.6 Å². The number of aromatic nitrogens is 2. The summed E-state index contributed by atoms with van der Waals surface area (Å²) in [6, 6.07) is 8.56. The van der Waals surface area contributed by atoms with Crippen molar-refractivity contribution in [3.63, 3.8) is 0 Å². The highest BCUT2D eigenvalue weighted by Gasteiger charge is 2.19. The van der Waals surface area contributed by atoms with Crippen LogP contribution in [0.4, 0.5) is 5.69 Å². The normalized spacial score (nSPS) is 14.6. The second-order valence-corrected chi connectivity index (χ2v) is 7.65. The summed E-state index contributed by atoms with van der Waals surface area (Å²) >= 11 is 1.14. The molecule has 6 nitrogen and oxygen atoms in total. The maximum absolute atomic E-state index is 11.3. The van der Waals surface area contributed by atoms with Gasteiger partial charge in [-0.2, -0.15) is 5.26 Å².